The molecule has 90 valence electrons. The summed E-state index contributed by atoms with van der Waals surface area (Å²) in [5.74, 6) is 1.85. The van der Waals surface area contributed by atoms with Crippen molar-refractivity contribution in [2.45, 2.75) is 19.8 Å². The van der Waals surface area contributed by atoms with Crippen LogP contribution in [0.2, 0.25) is 0 Å². The first-order valence-corrected chi connectivity index (χ1v) is 5.35. The Balaban J connectivity index is 2.14. The van der Waals surface area contributed by atoms with Gasteiger partial charge in [-0.2, -0.15) is 4.98 Å². The van der Waals surface area contributed by atoms with Crippen molar-refractivity contribution in [3.63, 3.8) is 0 Å². The zero-order valence-corrected chi connectivity index (χ0v) is 9.69. The Labute approximate surface area is 98.0 Å². The van der Waals surface area contributed by atoms with E-state index < -0.39 is 0 Å². The molecular formula is C11H13N3O3. The minimum absolute atomic E-state index is 0.0986. The number of hydrogen-bond donors (Lipinski definition) is 1. The van der Waals surface area contributed by atoms with Crippen LogP contribution in [0.5, 0.6) is 0 Å². The monoisotopic (exact) mass is 235 g/mol. The second kappa shape index (κ2) is 4.82. The third kappa shape index (κ3) is 2.52. The number of furan rings is 1. The lowest BCUT2D eigenvalue weighted by atomic mass is 10.3. The molecule has 2 aromatic rings. The molecule has 6 heteroatoms. The van der Waals surface area contributed by atoms with Gasteiger partial charge < -0.3 is 14.3 Å². The Bertz CT molecular complexity index is 516. The molecule has 17 heavy (non-hydrogen) atoms. The van der Waals surface area contributed by atoms with Crippen molar-refractivity contribution < 1.29 is 13.7 Å². The van der Waals surface area contributed by atoms with Crippen LogP contribution in [-0.2, 0) is 17.6 Å². The van der Waals surface area contributed by atoms with E-state index in [-0.39, 0.29) is 12.3 Å². The highest BCUT2D eigenvalue weighted by Crippen LogP contribution is 2.20. The third-order valence-electron chi connectivity index (χ3n) is 2.29. The van der Waals surface area contributed by atoms with Gasteiger partial charge in [-0.1, -0.05) is 12.1 Å². The summed E-state index contributed by atoms with van der Waals surface area (Å²) in [6.07, 6.45) is 0.903. The summed E-state index contributed by atoms with van der Waals surface area (Å²) >= 11 is 0. The highest BCUT2D eigenvalue weighted by Gasteiger charge is 2.14. The molecule has 1 N–H and O–H groups in total. The van der Waals surface area contributed by atoms with E-state index in [0.717, 1.165) is 12.2 Å². The van der Waals surface area contributed by atoms with Gasteiger partial charge in [0.15, 0.2) is 11.6 Å². The van der Waals surface area contributed by atoms with Crippen molar-refractivity contribution in [1.82, 2.24) is 15.5 Å². The molecule has 0 unspecified atom stereocenters. The summed E-state index contributed by atoms with van der Waals surface area (Å²) in [6, 6.07) is 3.63. The summed E-state index contributed by atoms with van der Waals surface area (Å²) in [5, 5.41) is 6.20. The van der Waals surface area contributed by atoms with Gasteiger partial charge in [0, 0.05) is 13.5 Å². The quantitative estimate of drug-likeness (QED) is 0.860. The summed E-state index contributed by atoms with van der Waals surface area (Å²) < 4.78 is 10.5. The zero-order chi connectivity index (χ0) is 12.3. The maximum Gasteiger partial charge on any atom is 0.293 e. The maximum absolute atomic E-state index is 11.1. The van der Waals surface area contributed by atoms with Gasteiger partial charge in [-0.3, -0.25) is 4.79 Å². The number of nitrogens with zero attached hydrogens (tertiary/aromatic N) is 2. The van der Waals surface area contributed by atoms with Gasteiger partial charge in [0.25, 0.3) is 5.89 Å². The van der Waals surface area contributed by atoms with E-state index in [1.165, 1.54) is 0 Å². The van der Waals surface area contributed by atoms with Gasteiger partial charge in [0.2, 0.25) is 5.91 Å². The lowest BCUT2D eigenvalue weighted by molar-refractivity contribution is -0.120. The Kier molecular flexibility index (Phi) is 3.22. The van der Waals surface area contributed by atoms with Crippen LogP contribution in [0.1, 0.15) is 18.5 Å². The molecule has 0 aliphatic heterocycles. The first-order valence-electron chi connectivity index (χ1n) is 5.35. The van der Waals surface area contributed by atoms with Crippen molar-refractivity contribution in [3.8, 4) is 11.7 Å². The molecule has 2 aromatic heterocycles. The third-order valence-corrected chi connectivity index (χ3v) is 2.29. The lowest BCUT2D eigenvalue weighted by Gasteiger charge is -1.91. The van der Waals surface area contributed by atoms with Gasteiger partial charge in [0.05, 0.1) is 6.42 Å². The average Bonchev–Trinajstić information content (AvgIpc) is 2.96. The van der Waals surface area contributed by atoms with Crippen LogP contribution in [0.4, 0.5) is 0 Å². The van der Waals surface area contributed by atoms with Gasteiger partial charge >= 0.3 is 0 Å². The fourth-order valence-corrected chi connectivity index (χ4v) is 1.34. The Morgan fingerprint density at radius 3 is 2.94 bits per heavy atom. The number of likely N-dealkylation sites (N-methyl/N-ethyl adjacent to an activating group) is 1. The highest BCUT2D eigenvalue weighted by molar-refractivity contribution is 5.77. The molecule has 2 heterocycles. The molecule has 0 aromatic carbocycles. The fraction of sp³-hybridized carbons (Fsp3) is 0.364. The first-order chi connectivity index (χ1) is 8.22. The van der Waals surface area contributed by atoms with E-state index in [2.05, 4.69) is 15.5 Å². The Morgan fingerprint density at radius 1 is 1.47 bits per heavy atom. The zero-order valence-electron chi connectivity index (χ0n) is 9.69. The van der Waals surface area contributed by atoms with E-state index in [4.69, 9.17) is 8.94 Å². The Hall–Kier alpha value is -2.11. The number of aromatic nitrogens is 2. The predicted octanol–water partition coefficient (Wildman–Crippen LogP) is 1.18. The van der Waals surface area contributed by atoms with Gasteiger partial charge in [-0.25, -0.2) is 0 Å². The van der Waals surface area contributed by atoms with Crippen LogP contribution in [0, 0.1) is 0 Å². The smallest absolute Gasteiger partial charge is 0.293 e. The van der Waals surface area contributed by atoms with Crippen LogP contribution in [0.15, 0.2) is 21.1 Å². The number of carbonyl (C=O) groups excluding carboxylic acids is 1. The van der Waals surface area contributed by atoms with E-state index >= 15 is 0 Å². The molecule has 0 aliphatic rings. The lowest BCUT2D eigenvalue weighted by Crippen LogP contribution is -2.20. The number of rotatable bonds is 4. The van der Waals surface area contributed by atoms with Crippen molar-refractivity contribution in [3.05, 3.63) is 23.7 Å². The molecule has 0 spiro atoms. The summed E-state index contributed by atoms with van der Waals surface area (Å²) in [4.78, 5) is 15.2. The standard InChI is InChI=1S/C11H13N3O3/c1-3-7-4-5-8(16-7)11-13-9(14-17-11)6-10(15)12-2/h4-5H,3,6H2,1-2H3,(H,12,15). The fourth-order valence-electron chi connectivity index (χ4n) is 1.34. The SMILES string of the molecule is CCc1ccc(-c2nc(CC(=O)NC)no2)o1. The normalized spacial score (nSPS) is 10.5. The van der Waals surface area contributed by atoms with Crippen molar-refractivity contribution in [2.24, 2.45) is 0 Å². The van der Waals surface area contributed by atoms with Crippen molar-refractivity contribution >= 4 is 5.91 Å². The van der Waals surface area contributed by atoms with Crippen LogP contribution in [0.3, 0.4) is 0 Å². The number of hydrogen-bond acceptors (Lipinski definition) is 5. The van der Waals surface area contributed by atoms with E-state index in [9.17, 15) is 4.79 Å². The molecule has 0 aliphatic carbocycles. The van der Waals surface area contributed by atoms with Crippen molar-refractivity contribution in [2.75, 3.05) is 7.05 Å². The molecule has 0 saturated carbocycles. The minimum Gasteiger partial charge on any atom is -0.456 e. The van der Waals surface area contributed by atoms with Crippen LogP contribution >= 0.6 is 0 Å². The van der Waals surface area contributed by atoms with E-state index in [1.54, 1.807) is 13.1 Å². The summed E-state index contributed by atoms with van der Waals surface area (Å²) in [5.41, 5.74) is 0. The molecule has 0 saturated heterocycles. The molecular weight excluding hydrogens is 222 g/mol. The predicted molar refractivity (Wildman–Crippen MR) is 59.1 cm³/mol. The average molecular weight is 235 g/mol. The summed E-state index contributed by atoms with van der Waals surface area (Å²) in [6.45, 7) is 1.99. The van der Waals surface area contributed by atoms with Crippen LogP contribution in [-0.4, -0.2) is 23.1 Å². The number of aryl methyl sites for hydroxylation is 1. The highest BCUT2D eigenvalue weighted by atomic mass is 16.5. The summed E-state index contributed by atoms with van der Waals surface area (Å²) in [7, 11) is 1.56. The van der Waals surface area contributed by atoms with Gasteiger partial charge in [-0.15, -0.1) is 0 Å². The molecule has 0 bridgehead atoms. The molecule has 1 amide bonds. The maximum atomic E-state index is 11.1. The number of carbonyl (C=O) groups is 1. The minimum atomic E-state index is -0.161. The van der Waals surface area contributed by atoms with E-state index in [0.29, 0.717) is 17.5 Å². The molecule has 2 rings (SSSR count). The molecule has 6 nitrogen and oxygen atoms in total. The van der Waals surface area contributed by atoms with Gasteiger partial charge in [0.1, 0.15) is 5.76 Å². The van der Waals surface area contributed by atoms with Gasteiger partial charge in [-0.05, 0) is 12.1 Å². The number of amides is 1. The number of nitrogens with one attached hydrogen (secondary N) is 1. The first kappa shape index (κ1) is 11.4. The Morgan fingerprint density at radius 2 is 2.29 bits per heavy atom. The topological polar surface area (TPSA) is 81.2 Å². The van der Waals surface area contributed by atoms with E-state index in [1.807, 2.05) is 13.0 Å². The molecule has 0 fully saturated rings. The second-order valence-electron chi connectivity index (χ2n) is 3.49. The molecule has 0 atom stereocenters. The van der Waals surface area contributed by atoms with Crippen molar-refractivity contribution in [1.29, 1.82) is 0 Å². The second-order valence-corrected chi connectivity index (χ2v) is 3.49. The van der Waals surface area contributed by atoms with Crippen LogP contribution in [0.25, 0.3) is 11.7 Å². The largest absolute Gasteiger partial charge is 0.456 e. The molecule has 0 radical (unpaired) electrons. The van der Waals surface area contributed by atoms with Crippen LogP contribution < -0.4 is 5.32 Å².